The molecular weight excluding hydrogens is 348 g/mol. The highest BCUT2D eigenvalue weighted by Gasteiger charge is 2.11. The number of hydrogen-bond acceptors (Lipinski definition) is 3. The fourth-order valence-corrected chi connectivity index (χ4v) is 3.27. The predicted molar refractivity (Wildman–Crippen MR) is 116 cm³/mol. The van der Waals surface area contributed by atoms with Crippen molar-refractivity contribution in [2.75, 3.05) is 38.3 Å². The van der Waals surface area contributed by atoms with Gasteiger partial charge in [0.1, 0.15) is 0 Å². The summed E-state index contributed by atoms with van der Waals surface area (Å²) in [6.07, 6.45) is 3.52. The molecule has 0 saturated carbocycles. The Morgan fingerprint density at radius 3 is 2.32 bits per heavy atom. The van der Waals surface area contributed by atoms with Crippen molar-refractivity contribution in [3.05, 3.63) is 71.3 Å². The maximum atomic E-state index is 12.4. The van der Waals surface area contributed by atoms with Crippen LogP contribution in [0.2, 0.25) is 0 Å². The molecule has 2 aromatic rings. The van der Waals surface area contributed by atoms with E-state index >= 15 is 0 Å². The topological polar surface area (TPSA) is 32.8 Å². The van der Waals surface area contributed by atoms with Crippen LogP contribution in [-0.4, -0.2) is 44.2 Å². The lowest BCUT2D eigenvalue weighted by atomic mass is 10.0. The second-order valence-corrected chi connectivity index (χ2v) is 7.61. The van der Waals surface area contributed by atoms with Crippen molar-refractivity contribution >= 4 is 17.7 Å². The summed E-state index contributed by atoms with van der Waals surface area (Å²) < 4.78 is 5.40. The van der Waals surface area contributed by atoms with Crippen molar-refractivity contribution in [3.63, 3.8) is 0 Å². The predicted octanol–water partition coefficient (Wildman–Crippen LogP) is 4.32. The number of morpholine rings is 1. The van der Waals surface area contributed by atoms with Crippen molar-refractivity contribution in [1.29, 1.82) is 0 Å². The second kappa shape index (κ2) is 9.56. The summed E-state index contributed by atoms with van der Waals surface area (Å²) in [5.74, 6) is 0.519. The Morgan fingerprint density at radius 2 is 1.71 bits per heavy atom. The standard InChI is InChI=1S/C24H30N2O2/c1-19(2)22-9-4-20(5-10-22)8-13-24(27)25(3)18-21-6-11-23(12-7-21)26-14-16-28-17-15-26/h4-13,19H,14-18H2,1-3H3/b13-8+. The molecule has 28 heavy (non-hydrogen) atoms. The van der Waals surface area contributed by atoms with Crippen molar-refractivity contribution in [2.45, 2.75) is 26.3 Å². The van der Waals surface area contributed by atoms with Gasteiger partial charge in [-0.2, -0.15) is 0 Å². The molecule has 1 saturated heterocycles. The van der Waals surface area contributed by atoms with Crippen LogP contribution in [0.25, 0.3) is 6.08 Å². The minimum absolute atomic E-state index is 0.00481. The Labute approximate surface area is 168 Å². The molecule has 1 heterocycles. The molecule has 148 valence electrons. The molecule has 4 heteroatoms. The van der Waals surface area contributed by atoms with E-state index in [1.807, 2.05) is 13.1 Å². The van der Waals surface area contributed by atoms with Crippen LogP contribution in [0.3, 0.4) is 0 Å². The Hall–Kier alpha value is -2.59. The average molecular weight is 379 g/mol. The van der Waals surface area contributed by atoms with Gasteiger partial charge in [-0.1, -0.05) is 50.2 Å². The molecule has 0 aliphatic carbocycles. The number of nitrogens with zero attached hydrogens (tertiary/aromatic N) is 2. The van der Waals surface area contributed by atoms with Crippen LogP contribution in [0.4, 0.5) is 5.69 Å². The largest absolute Gasteiger partial charge is 0.378 e. The maximum Gasteiger partial charge on any atom is 0.246 e. The summed E-state index contributed by atoms with van der Waals surface area (Å²) in [5, 5.41) is 0. The molecule has 1 aliphatic heterocycles. The molecular formula is C24H30N2O2. The van der Waals surface area contributed by atoms with Gasteiger partial charge in [0.2, 0.25) is 5.91 Å². The Bertz CT molecular complexity index is 788. The van der Waals surface area contributed by atoms with Gasteiger partial charge in [-0.25, -0.2) is 0 Å². The highest BCUT2D eigenvalue weighted by Crippen LogP contribution is 2.18. The van der Waals surface area contributed by atoms with E-state index in [-0.39, 0.29) is 5.91 Å². The van der Waals surface area contributed by atoms with E-state index < -0.39 is 0 Å². The lowest BCUT2D eigenvalue weighted by Gasteiger charge is -2.29. The van der Waals surface area contributed by atoms with Crippen molar-refractivity contribution < 1.29 is 9.53 Å². The van der Waals surface area contributed by atoms with Gasteiger partial charge in [-0.05, 0) is 40.8 Å². The second-order valence-electron chi connectivity index (χ2n) is 7.61. The fourth-order valence-electron chi connectivity index (χ4n) is 3.27. The minimum Gasteiger partial charge on any atom is -0.378 e. The van der Waals surface area contributed by atoms with E-state index in [2.05, 4.69) is 67.3 Å². The lowest BCUT2D eigenvalue weighted by Crippen LogP contribution is -2.36. The molecule has 0 spiro atoms. The van der Waals surface area contributed by atoms with Gasteiger partial charge >= 0.3 is 0 Å². The molecule has 3 rings (SSSR count). The van der Waals surface area contributed by atoms with Crippen LogP contribution in [0.15, 0.2) is 54.6 Å². The Balaban J connectivity index is 1.54. The van der Waals surface area contributed by atoms with Crippen molar-refractivity contribution in [3.8, 4) is 0 Å². The lowest BCUT2D eigenvalue weighted by molar-refractivity contribution is -0.125. The first-order valence-electron chi connectivity index (χ1n) is 9.97. The first-order valence-corrected chi connectivity index (χ1v) is 9.97. The third-order valence-electron chi connectivity index (χ3n) is 5.13. The van der Waals surface area contributed by atoms with Gasteiger partial charge in [0.15, 0.2) is 0 Å². The summed E-state index contributed by atoms with van der Waals surface area (Å²) in [7, 11) is 1.84. The van der Waals surface area contributed by atoms with E-state index in [4.69, 9.17) is 4.74 Å². The first kappa shape index (κ1) is 20.2. The maximum absolute atomic E-state index is 12.4. The number of rotatable bonds is 6. The van der Waals surface area contributed by atoms with Crippen LogP contribution < -0.4 is 4.90 Å². The minimum atomic E-state index is 0.00481. The molecule has 0 N–H and O–H groups in total. The number of amides is 1. The number of ether oxygens (including phenoxy) is 1. The van der Waals surface area contributed by atoms with Crippen LogP contribution in [0.1, 0.15) is 36.5 Å². The fraction of sp³-hybridized carbons (Fsp3) is 0.375. The van der Waals surface area contributed by atoms with Crippen LogP contribution >= 0.6 is 0 Å². The Morgan fingerprint density at radius 1 is 1.07 bits per heavy atom. The smallest absolute Gasteiger partial charge is 0.246 e. The number of hydrogen-bond donors (Lipinski definition) is 0. The molecule has 2 aromatic carbocycles. The summed E-state index contributed by atoms with van der Waals surface area (Å²) in [6.45, 7) is 8.38. The SMILES string of the molecule is CC(C)c1ccc(/C=C/C(=O)N(C)Cc2ccc(N3CCOCC3)cc2)cc1. The van der Waals surface area contributed by atoms with Gasteiger partial charge in [-0.15, -0.1) is 0 Å². The van der Waals surface area contributed by atoms with Gasteiger partial charge in [-0.3, -0.25) is 4.79 Å². The van der Waals surface area contributed by atoms with Crippen molar-refractivity contribution in [1.82, 2.24) is 4.90 Å². The number of benzene rings is 2. The number of carbonyl (C=O) groups excluding carboxylic acids is 1. The molecule has 0 unspecified atom stereocenters. The third-order valence-corrected chi connectivity index (χ3v) is 5.13. The van der Waals surface area contributed by atoms with Gasteiger partial charge in [0, 0.05) is 38.4 Å². The molecule has 1 aliphatic rings. The molecule has 4 nitrogen and oxygen atoms in total. The molecule has 0 atom stereocenters. The summed E-state index contributed by atoms with van der Waals surface area (Å²) in [6, 6.07) is 16.8. The monoisotopic (exact) mass is 378 g/mol. The van der Waals surface area contributed by atoms with Gasteiger partial charge in [0.05, 0.1) is 13.2 Å². The normalized spacial score (nSPS) is 14.6. The number of likely N-dealkylation sites (N-methyl/N-ethyl adjacent to an activating group) is 1. The van der Waals surface area contributed by atoms with Crippen LogP contribution in [0.5, 0.6) is 0 Å². The zero-order chi connectivity index (χ0) is 19.9. The number of carbonyl (C=O) groups is 1. The highest BCUT2D eigenvalue weighted by atomic mass is 16.5. The van der Waals surface area contributed by atoms with Gasteiger partial charge < -0.3 is 14.5 Å². The zero-order valence-electron chi connectivity index (χ0n) is 17.1. The van der Waals surface area contributed by atoms with E-state index in [0.717, 1.165) is 37.4 Å². The Kier molecular flexibility index (Phi) is 6.88. The molecule has 0 aromatic heterocycles. The zero-order valence-corrected chi connectivity index (χ0v) is 17.1. The summed E-state index contributed by atoms with van der Waals surface area (Å²) >= 11 is 0. The van der Waals surface area contributed by atoms with E-state index in [1.54, 1.807) is 11.0 Å². The van der Waals surface area contributed by atoms with E-state index in [0.29, 0.717) is 12.5 Å². The molecule has 0 bridgehead atoms. The number of anilines is 1. The van der Waals surface area contributed by atoms with E-state index in [9.17, 15) is 4.79 Å². The van der Waals surface area contributed by atoms with Gasteiger partial charge in [0.25, 0.3) is 0 Å². The van der Waals surface area contributed by atoms with Crippen LogP contribution in [0, 0.1) is 0 Å². The third kappa shape index (κ3) is 5.46. The average Bonchev–Trinajstić information content (AvgIpc) is 2.73. The summed E-state index contributed by atoms with van der Waals surface area (Å²) in [5.41, 5.74) is 4.69. The first-order chi connectivity index (χ1) is 13.5. The quantitative estimate of drug-likeness (QED) is 0.702. The molecule has 0 radical (unpaired) electrons. The molecule has 1 fully saturated rings. The van der Waals surface area contributed by atoms with Crippen LogP contribution in [-0.2, 0) is 16.1 Å². The highest BCUT2D eigenvalue weighted by molar-refractivity contribution is 5.91. The molecule has 1 amide bonds. The summed E-state index contributed by atoms with van der Waals surface area (Å²) in [4.78, 5) is 16.5. The van der Waals surface area contributed by atoms with Crippen molar-refractivity contribution in [2.24, 2.45) is 0 Å². The van der Waals surface area contributed by atoms with E-state index in [1.165, 1.54) is 11.3 Å².